The second-order valence-electron chi connectivity index (χ2n) is 3.35. The molecule has 0 aromatic heterocycles. The van der Waals surface area contributed by atoms with Crippen LogP contribution in [0.1, 0.15) is 0 Å². The molecule has 0 aliphatic carbocycles. The Labute approximate surface area is 116 Å². The van der Waals surface area contributed by atoms with Gasteiger partial charge in [0.25, 0.3) is 0 Å². The molecule has 6 nitrogen and oxygen atoms in total. The minimum atomic E-state index is -0.930. The lowest BCUT2D eigenvalue weighted by molar-refractivity contribution is 0.0992. The lowest BCUT2D eigenvalue weighted by Gasteiger charge is -2.09. The van der Waals surface area contributed by atoms with Crippen LogP contribution in [-0.4, -0.2) is 25.5 Å². The predicted molar refractivity (Wildman–Crippen MR) is 70.8 cm³/mol. The third kappa shape index (κ3) is 5.26. The quantitative estimate of drug-likeness (QED) is 0.452. The Hall–Kier alpha value is -2.76. The first-order valence-electron chi connectivity index (χ1n) is 5.67. The summed E-state index contributed by atoms with van der Waals surface area (Å²) in [6.45, 7) is 6.83. The maximum atomic E-state index is 11.3. The van der Waals surface area contributed by atoms with Crippen molar-refractivity contribution in [3.05, 3.63) is 49.6 Å². The highest BCUT2D eigenvalue weighted by molar-refractivity contribution is 5.69. The number of rotatable bonds is 6. The van der Waals surface area contributed by atoms with Gasteiger partial charge in [0.05, 0.1) is 0 Å². The maximum Gasteiger partial charge on any atom is 0.514 e. The first-order chi connectivity index (χ1) is 9.67. The molecule has 0 atom stereocenters. The van der Waals surface area contributed by atoms with Gasteiger partial charge in [-0.25, -0.2) is 9.59 Å². The molecule has 0 bridgehead atoms. The van der Waals surface area contributed by atoms with Gasteiger partial charge in [-0.1, -0.05) is 37.4 Å². The van der Waals surface area contributed by atoms with Crippen molar-refractivity contribution in [3.63, 3.8) is 0 Å². The zero-order valence-corrected chi connectivity index (χ0v) is 10.7. The molecule has 0 heterocycles. The topological polar surface area (TPSA) is 71.1 Å². The second-order valence-corrected chi connectivity index (χ2v) is 3.35. The summed E-state index contributed by atoms with van der Waals surface area (Å²) in [6, 6.07) is 6.12. The normalized spacial score (nSPS) is 9.20. The molecule has 1 aromatic rings. The van der Waals surface area contributed by atoms with Crippen molar-refractivity contribution in [2.75, 3.05) is 13.2 Å². The van der Waals surface area contributed by atoms with Gasteiger partial charge in [0.2, 0.25) is 0 Å². The van der Waals surface area contributed by atoms with E-state index in [1.807, 2.05) is 0 Å². The number of para-hydroxylation sites is 2. The van der Waals surface area contributed by atoms with E-state index >= 15 is 0 Å². The van der Waals surface area contributed by atoms with Crippen LogP contribution in [0.5, 0.6) is 11.5 Å². The summed E-state index contributed by atoms with van der Waals surface area (Å²) in [5, 5.41) is 0. The first-order valence-corrected chi connectivity index (χ1v) is 5.67. The van der Waals surface area contributed by atoms with Gasteiger partial charge in [0.1, 0.15) is 13.2 Å². The molecule has 20 heavy (non-hydrogen) atoms. The molecule has 0 aliphatic heterocycles. The van der Waals surface area contributed by atoms with Crippen molar-refractivity contribution >= 4 is 12.3 Å². The summed E-state index contributed by atoms with van der Waals surface area (Å²) in [7, 11) is 0. The average molecular weight is 278 g/mol. The molecule has 0 aliphatic rings. The van der Waals surface area contributed by atoms with Crippen LogP contribution in [0.2, 0.25) is 0 Å². The molecule has 0 unspecified atom stereocenters. The number of ether oxygens (including phenoxy) is 4. The van der Waals surface area contributed by atoms with E-state index in [0.717, 1.165) is 0 Å². The molecular weight excluding hydrogens is 264 g/mol. The Balaban J connectivity index is 2.67. The van der Waals surface area contributed by atoms with Crippen molar-refractivity contribution in [3.8, 4) is 11.5 Å². The van der Waals surface area contributed by atoms with Crippen LogP contribution in [-0.2, 0) is 9.47 Å². The zero-order chi connectivity index (χ0) is 14.8. The van der Waals surface area contributed by atoms with E-state index in [-0.39, 0.29) is 24.7 Å². The van der Waals surface area contributed by atoms with E-state index in [1.165, 1.54) is 24.3 Å². The van der Waals surface area contributed by atoms with Crippen molar-refractivity contribution < 1.29 is 28.5 Å². The highest BCUT2D eigenvalue weighted by atomic mass is 16.7. The lowest BCUT2D eigenvalue weighted by Crippen LogP contribution is -2.14. The molecule has 6 heteroatoms. The Morgan fingerprint density at radius 1 is 0.900 bits per heavy atom. The van der Waals surface area contributed by atoms with Crippen LogP contribution >= 0.6 is 0 Å². The van der Waals surface area contributed by atoms with Crippen molar-refractivity contribution in [1.29, 1.82) is 0 Å². The second kappa shape index (κ2) is 8.36. The average Bonchev–Trinajstić information content (AvgIpc) is 2.45. The van der Waals surface area contributed by atoms with Gasteiger partial charge in [-0.15, -0.1) is 0 Å². The number of hydrogen-bond acceptors (Lipinski definition) is 6. The summed E-state index contributed by atoms with van der Waals surface area (Å²) in [5.74, 6) is 0.0780. The van der Waals surface area contributed by atoms with Crippen LogP contribution in [0.25, 0.3) is 0 Å². The fourth-order valence-electron chi connectivity index (χ4n) is 1.11. The summed E-state index contributed by atoms with van der Waals surface area (Å²) < 4.78 is 19.1. The molecule has 0 fully saturated rings. The Morgan fingerprint density at radius 2 is 1.30 bits per heavy atom. The summed E-state index contributed by atoms with van der Waals surface area (Å²) in [4.78, 5) is 22.6. The van der Waals surface area contributed by atoms with Crippen LogP contribution in [0.15, 0.2) is 49.6 Å². The van der Waals surface area contributed by atoms with Crippen LogP contribution < -0.4 is 9.47 Å². The Morgan fingerprint density at radius 3 is 1.65 bits per heavy atom. The molecule has 106 valence electrons. The predicted octanol–water partition coefficient (Wildman–Crippen LogP) is 3.09. The van der Waals surface area contributed by atoms with Crippen molar-refractivity contribution in [2.45, 2.75) is 0 Å². The zero-order valence-electron chi connectivity index (χ0n) is 10.7. The molecular formula is C14H14O6. The fourth-order valence-corrected chi connectivity index (χ4v) is 1.11. The molecule has 0 N–H and O–H groups in total. The van der Waals surface area contributed by atoms with E-state index in [9.17, 15) is 9.59 Å². The van der Waals surface area contributed by atoms with Gasteiger partial charge in [0.15, 0.2) is 11.5 Å². The van der Waals surface area contributed by atoms with Gasteiger partial charge >= 0.3 is 12.3 Å². The van der Waals surface area contributed by atoms with Crippen LogP contribution in [0.3, 0.4) is 0 Å². The Kier molecular flexibility index (Phi) is 6.40. The minimum Gasteiger partial charge on any atom is -0.430 e. The van der Waals surface area contributed by atoms with E-state index in [1.54, 1.807) is 12.1 Å². The summed E-state index contributed by atoms with van der Waals surface area (Å²) in [6.07, 6.45) is 0.938. The van der Waals surface area contributed by atoms with Gasteiger partial charge in [-0.05, 0) is 12.1 Å². The number of hydrogen-bond donors (Lipinski definition) is 0. The molecule has 0 saturated heterocycles. The van der Waals surface area contributed by atoms with Crippen LogP contribution in [0.4, 0.5) is 9.59 Å². The van der Waals surface area contributed by atoms with Gasteiger partial charge < -0.3 is 18.9 Å². The number of benzene rings is 1. The standard InChI is InChI=1S/C14H14O6/c1-3-9-17-13(15)19-11-7-5-6-8-12(11)20-14(16)18-10-4-2/h3-8H,1-2,9-10H2. The molecule has 1 aromatic carbocycles. The van der Waals surface area contributed by atoms with Crippen molar-refractivity contribution in [2.24, 2.45) is 0 Å². The molecule has 0 radical (unpaired) electrons. The minimum absolute atomic E-state index is 0.0171. The smallest absolute Gasteiger partial charge is 0.430 e. The van der Waals surface area contributed by atoms with Gasteiger partial charge in [0, 0.05) is 0 Å². The van der Waals surface area contributed by atoms with E-state index in [4.69, 9.17) is 9.47 Å². The van der Waals surface area contributed by atoms with E-state index in [2.05, 4.69) is 22.6 Å². The summed E-state index contributed by atoms with van der Waals surface area (Å²) >= 11 is 0. The lowest BCUT2D eigenvalue weighted by atomic mass is 10.3. The van der Waals surface area contributed by atoms with Gasteiger partial charge in [-0.2, -0.15) is 0 Å². The highest BCUT2D eigenvalue weighted by Gasteiger charge is 2.14. The van der Waals surface area contributed by atoms with Crippen LogP contribution in [0, 0.1) is 0 Å². The molecule has 0 saturated carbocycles. The molecule has 1 rings (SSSR count). The van der Waals surface area contributed by atoms with Crippen molar-refractivity contribution in [1.82, 2.24) is 0 Å². The SMILES string of the molecule is C=CCOC(=O)Oc1ccccc1OC(=O)OCC=C. The molecule has 0 spiro atoms. The maximum absolute atomic E-state index is 11.3. The number of carbonyl (C=O) groups is 2. The number of carbonyl (C=O) groups excluding carboxylic acids is 2. The first kappa shape index (κ1) is 15.3. The monoisotopic (exact) mass is 278 g/mol. The third-order valence-electron chi connectivity index (χ3n) is 1.87. The van der Waals surface area contributed by atoms with Gasteiger partial charge in [-0.3, -0.25) is 0 Å². The fraction of sp³-hybridized carbons (Fsp3) is 0.143. The summed E-state index contributed by atoms with van der Waals surface area (Å²) in [5.41, 5.74) is 0. The highest BCUT2D eigenvalue weighted by Crippen LogP contribution is 2.27. The Bertz CT molecular complexity index is 449. The third-order valence-corrected chi connectivity index (χ3v) is 1.87. The van der Waals surface area contributed by atoms with E-state index in [0.29, 0.717) is 0 Å². The molecule has 0 amide bonds. The van der Waals surface area contributed by atoms with E-state index < -0.39 is 12.3 Å². The largest absolute Gasteiger partial charge is 0.514 e.